The summed E-state index contributed by atoms with van der Waals surface area (Å²) in [5, 5.41) is 0. The van der Waals surface area contributed by atoms with E-state index in [1.54, 1.807) is 0 Å². The maximum absolute atomic E-state index is 5.05. The van der Waals surface area contributed by atoms with Crippen LogP contribution in [0.1, 0.15) is 0 Å². The van der Waals surface area contributed by atoms with Gasteiger partial charge in [0.1, 0.15) is 0 Å². The topological polar surface area (TPSA) is 73.1 Å². The zero-order valence-electron chi connectivity index (χ0n) is 5.94. The number of aromatic nitrogens is 2. The lowest BCUT2D eigenvalue weighted by molar-refractivity contribution is 0.396. The maximum Gasteiger partial charge on any atom is 0.232 e. The smallest absolute Gasteiger partial charge is 0.232 e. The Morgan fingerprint density at radius 1 is 1.45 bits per heavy atom. The van der Waals surface area contributed by atoms with Crippen molar-refractivity contribution in [1.29, 1.82) is 0 Å². The zero-order valence-corrected chi connectivity index (χ0v) is 6.76. The molecular weight excluding hydrogens is 168 g/mol. The van der Waals surface area contributed by atoms with E-state index in [0.29, 0.717) is 11.7 Å². The Balaban J connectivity index is 0.000001000. The van der Waals surface area contributed by atoms with Crippen LogP contribution in [0.2, 0.25) is 0 Å². The van der Waals surface area contributed by atoms with Gasteiger partial charge in [0.05, 0.1) is 19.5 Å². The molecule has 0 fully saturated rings. The van der Waals surface area contributed by atoms with Gasteiger partial charge in [0.15, 0.2) is 5.82 Å². The van der Waals surface area contributed by atoms with Crippen LogP contribution >= 0.6 is 12.4 Å². The Bertz CT molecular complexity index is 179. The van der Waals surface area contributed by atoms with Crippen LogP contribution in [-0.4, -0.2) is 17.1 Å². The molecule has 0 saturated heterocycles. The van der Waals surface area contributed by atoms with Crippen LogP contribution in [0, 0.1) is 0 Å². The van der Waals surface area contributed by atoms with Crippen molar-refractivity contribution in [3.63, 3.8) is 0 Å². The molecule has 0 atom stereocenters. The first-order valence-electron chi connectivity index (χ1n) is 2.69. The van der Waals surface area contributed by atoms with Gasteiger partial charge in [-0.25, -0.2) is 15.8 Å². The maximum atomic E-state index is 5.05. The van der Waals surface area contributed by atoms with Gasteiger partial charge in [0, 0.05) is 0 Å². The molecule has 0 amide bonds. The predicted octanol–water partition coefficient (Wildman–Crippen LogP) is 0.193. The van der Waals surface area contributed by atoms with E-state index in [9.17, 15) is 0 Å². The second kappa shape index (κ2) is 4.70. The minimum absolute atomic E-state index is 0. The van der Waals surface area contributed by atoms with E-state index in [0.717, 1.165) is 0 Å². The molecule has 0 radical (unpaired) electrons. The summed E-state index contributed by atoms with van der Waals surface area (Å²) in [6, 6.07) is 0. The fourth-order valence-corrected chi connectivity index (χ4v) is 0.496. The monoisotopic (exact) mass is 176 g/mol. The van der Waals surface area contributed by atoms with Crippen LogP contribution in [0.5, 0.6) is 5.88 Å². The molecule has 1 heterocycles. The van der Waals surface area contributed by atoms with Crippen LogP contribution in [0.25, 0.3) is 0 Å². The van der Waals surface area contributed by atoms with Crippen LogP contribution in [0.4, 0.5) is 5.82 Å². The third-order valence-electron chi connectivity index (χ3n) is 0.985. The average Bonchev–Trinajstić information content (AvgIpc) is 2.05. The van der Waals surface area contributed by atoms with Crippen molar-refractivity contribution < 1.29 is 4.74 Å². The number of nitrogen functional groups attached to an aromatic ring is 1. The molecule has 0 bridgehead atoms. The molecule has 5 nitrogen and oxygen atoms in total. The van der Waals surface area contributed by atoms with E-state index in [4.69, 9.17) is 10.6 Å². The number of rotatable bonds is 2. The highest BCUT2D eigenvalue weighted by Gasteiger charge is 1.91. The van der Waals surface area contributed by atoms with Crippen molar-refractivity contribution in [2.75, 3.05) is 12.5 Å². The number of nitrogens with one attached hydrogen (secondary N) is 1. The lowest BCUT2D eigenvalue weighted by Gasteiger charge is -1.98. The predicted molar refractivity (Wildman–Crippen MR) is 43.6 cm³/mol. The SMILES string of the molecule is COc1cnc(NN)cn1.Cl. The summed E-state index contributed by atoms with van der Waals surface area (Å²) in [7, 11) is 1.53. The van der Waals surface area contributed by atoms with Gasteiger partial charge in [-0.1, -0.05) is 0 Å². The van der Waals surface area contributed by atoms with E-state index >= 15 is 0 Å². The van der Waals surface area contributed by atoms with Crippen LogP contribution < -0.4 is 16.0 Å². The molecule has 3 N–H and O–H groups in total. The van der Waals surface area contributed by atoms with Crippen LogP contribution in [-0.2, 0) is 0 Å². The van der Waals surface area contributed by atoms with E-state index in [2.05, 4.69) is 15.4 Å². The lowest BCUT2D eigenvalue weighted by Crippen LogP contribution is -2.08. The Morgan fingerprint density at radius 3 is 2.55 bits per heavy atom. The minimum Gasteiger partial charge on any atom is -0.480 e. The Morgan fingerprint density at radius 2 is 2.18 bits per heavy atom. The van der Waals surface area contributed by atoms with Crippen molar-refractivity contribution in [1.82, 2.24) is 9.97 Å². The molecule has 0 unspecified atom stereocenters. The van der Waals surface area contributed by atoms with Gasteiger partial charge in [0.25, 0.3) is 0 Å². The van der Waals surface area contributed by atoms with E-state index in [1.165, 1.54) is 19.5 Å². The summed E-state index contributed by atoms with van der Waals surface area (Å²) in [5.41, 5.74) is 2.35. The van der Waals surface area contributed by atoms with E-state index < -0.39 is 0 Å². The zero-order chi connectivity index (χ0) is 7.40. The number of methoxy groups -OCH3 is 1. The highest BCUT2D eigenvalue weighted by Crippen LogP contribution is 2.03. The Kier molecular flexibility index (Phi) is 4.24. The number of halogens is 1. The summed E-state index contributed by atoms with van der Waals surface area (Å²) >= 11 is 0. The molecular formula is C5H9ClN4O. The molecule has 1 rings (SSSR count). The Hall–Kier alpha value is -1.07. The molecule has 1 aromatic rings. The van der Waals surface area contributed by atoms with Crippen molar-refractivity contribution in [2.45, 2.75) is 0 Å². The van der Waals surface area contributed by atoms with E-state index in [1.807, 2.05) is 0 Å². The van der Waals surface area contributed by atoms with Gasteiger partial charge in [0.2, 0.25) is 5.88 Å². The molecule has 62 valence electrons. The second-order valence-electron chi connectivity index (χ2n) is 1.59. The first-order valence-corrected chi connectivity index (χ1v) is 2.69. The summed E-state index contributed by atoms with van der Waals surface area (Å²) in [5.74, 6) is 6.03. The quantitative estimate of drug-likeness (QED) is 0.497. The first kappa shape index (κ1) is 9.93. The molecule has 0 aliphatic rings. The van der Waals surface area contributed by atoms with Gasteiger partial charge in [-0.2, -0.15) is 0 Å². The van der Waals surface area contributed by atoms with Crippen molar-refractivity contribution >= 4 is 18.2 Å². The third kappa shape index (κ3) is 2.57. The molecule has 0 spiro atoms. The summed E-state index contributed by atoms with van der Waals surface area (Å²) in [6.45, 7) is 0. The number of anilines is 1. The standard InChI is InChI=1S/C5H8N4O.ClH/c1-10-5-3-7-4(9-6)2-8-5;/h2-3H,6H2,1H3,(H,7,9);1H. The molecule has 0 aliphatic heterocycles. The molecule has 1 aromatic heterocycles. The van der Waals surface area contributed by atoms with Crippen molar-refractivity contribution in [3.05, 3.63) is 12.4 Å². The molecule has 0 aromatic carbocycles. The highest BCUT2D eigenvalue weighted by atomic mass is 35.5. The largest absolute Gasteiger partial charge is 0.480 e. The average molecular weight is 177 g/mol. The van der Waals surface area contributed by atoms with Gasteiger partial charge in [-0.05, 0) is 0 Å². The van der Waals surface area contributed by atoms with Gasteiger partial charge < -0.3 is 10.2 Å². The number of hydrazine groups is 1. The van der Waals surface area contributed by atoms with Gasteiger partial charge in [-0.3, -0.25) is 0 Å². The second-order valence-corrected chi connectivity index (χ2v) is 1.59. The number of hydrogen-bond donors (Lipinski definition) is 2. The van der Waals surface area contributed by atoms with Crippen LogP contribution in [0.15, 0.2) is 12.4 Å². The van der Waals surface area contributed by atoms with Gasteiger partial charge in [-0.15, -0.1) is 12.4 Å². The number of nitrogens with zero attached hydrogens (tertiary/aromatic N) is 2. The summed E-state index contributed by atoms with van der Waals surface area (Å²) in [6.07, 6.45) is 2.97. The lowest BCUT2D eigenvalue weighted by atomic mass is 10.7. The Labute approximate surface area is 70.4 Å². The normalized spacial score (nSPS) is 8.18. The van der Waals surface area contributed by atoms with Gasteiger partial charge >= 0.3 is 0 Å². The first-order chi connectivity index (χ1) is 4.86. The highest BCUT2D eigenvalue weighted by molar-refractivity contribution is 5.85. The molecule has 0 saturated carbocycles. The summed E-state index contributed by atoms with van der Waals surface area (Å²) in [4.78, 5) is 7.69. The number of nitrogens with two attached hydrogens (primary N) is 1. The minimum atomic E-state index is 0. The van der Waals surface area contributed by atoms with E-state index in [-0.39, 0.29) is 12.4 Å². The third-order valence-corrected chi connectivity index (χ3v) is 0.985. The fourth-order valence-electron chi connectivity index (χ4n) is 0.496. The van der Waals surface area contributed by atoms with Crippen LogP contribution in [0.3, 0.4) is 0 Å². The molecule has 0 aliphatic carbocycles. The number of ether oxygens (including phenoxy) is 1. The molecule has 6 heteroatoms. The molecule has 11 heavy (non-hydrogen) atoms. The van der Waals surface area contributed by atoms with Crippen molar-refractivity contribution in [3.8, 4) is 5.88 Å². The number of hydrogen-bond acceptors (Lipinski definition) is 5. The fraction of sp³-hybridized carbons (Fsp3) is 0.200. The summed E-state index contributed by atoms with van der Waals surface area (Å²) < 4.78 is 4.77. The van der Waals surface area contributed by atoms with Crippen molar-refractivity contribution in [2.24, 2.45) is 5.84 Å².